The first-order valence-electron chi connectivity index (χ1n) is 7.57. The summed E-state index contributed by atoms with van der Waals surface area (Å²) in [4.78, 5) is 25.7. The van der Waals surface area contributed by atoms with Crippen LogP contribution in [0, 0.1) is 5.82 Å². The van der Waals surface area contributed by atoms with Gasteiger partial charge in [-0.3, -0.25) is 9.59 Å². The number of thioether (sulfide) groups is 1. The Bertz CT molecular complexity index is 779. The number of benzene rings is 2. The Balaban J connectivity index is 2.07. The Morgan fingerprint density at radius 3 is 2.40 bits per heavy atom. The highest BCUT2D eigenvalue weighted by Crippen LogP contribution is 2.40. The second-order valence-electron chi connectivity index (χ2n) is 5.53. The Hall–Kier alpha value is -2.54. The molecule has 0 aromatic heterocycles. The number of ether oxygens (including phenoxy) is 1. The SMILES string of the molecule is COc1ccc(C2C(C(=O)O)SCC(=O)N2c2ccc(F)cc2)cc1. The van der Waals surface area contributed by atoms with Gasteiger partial charge >= 0.3 is 5.97 Å². The van der Waals surface area contributed by atoms with Crippen LogP contribution in [0.1, 0.15) is 11.6 Å². The average Bonchev–Trinajstić information content (AvgIpc) is 2.62. The van der Waals surface area contributed by atoms with Crippen molar-refractivity contribution in [3.05, 3.63) is 59.9 Å². The minimum atomic E-state index is -0.995. The van der Waals surface area contributed by atoms with Gasteiger partial charge in [0, 0.05) is 5.69 Å². The van der Waals surface area contributed by atoms with E-state index in [-0.39, 0.29) is 11.7 Å². The van der Waals surface area contributed by atoms with Gasteiger partial charge in [-0.25, -0.2) is 4.39 Å². The summed E-state index contributed by atoms with van der Waals surface area (Å²) in [6.45, 7) is 0. The predicted molar refractivity (Wildman–Crippen MR) is 93.5 cm³/mol. The van der Waals surface area contributed by atoms with Crippen LogP contribution in [0.5, 0.6) is 5.75 Å². The van der Waals surface area contributed by atoms with Gasteiger partial charge in [0.1, 0.15) is 16.8 Å². The van der Waals surface area contributed by atoms with Gasteiger partial charge in [-0.05, 0) is 42.0 Å². The predicted octanol–water partition coefficient (Wildman–Crippen LogP) is 3.11. The second-order valence-corrected chi connectivity index (χ2v) is 6.66. The molecule has 0 radical (unpaired) electrons. The van der Waals surface area contributed by atoms with Gasteiger partial charge in [-0.2, -0.15) is 0 Å². The zero-order valence-corrected chi connectivity index (χ0v) is 14.2. The van der Waals surface area contributed by atoms with Gasteiger partial charge in [-0.15, -0.1) is 11.8 Å². The second kappa shape index (κ2) is 7.14. The normalized spacial score (nSPS) is 20.4. The average molecular weight is 361 g/mol. The minimum absolute atomic E-state index is 0.0565. The number of aliphatic carboxylic acids is 1. The zero-order valence-electron chi connectivity index (χ0n) is 13.4. The van der Waals surface area contributed by atoms with E-state index in [2.05, 4.69) is 0 Å². The molecule has 1 heterocycles. The molecule has 7 heteroatoms. The molecule has 2 aromatic carbocycles. The minimum Gasteiger partial charge on any atom is -0.497 e. The third kappa shape index (κ3) is 3.46. The van der Waals surface area contributed by atoms with Crippen molar-refractivity contribution in [3.63, 3.8) is 0 Å². The molecule has 1 saturated heterocycles. The molecule has 1 aliphatic rings. The molecule has 2 atom stereocenters. The lowest BCUT2D eigenvalue weighted by atomic mass is 9.99. The highest BCUT2D eigenvalue weighted by molar-refractivity contribution is 8.01. The Morgan fingerprint density at radius 2 is 1.84 bits per heavy atom. The smallest absolute Gasteiger partial charge is 0.319 e. The fraction of sp³-hybridized carbons (Fsp3) is 0.222. The maximum atomic E-state index is 13.2. The molecule has 5 nitrogen and oxygen atoms in total. The van der Waals surface area contributed by atoms with E-state index in [1.165, 1.54) is 29.2 Å². The third-order valence-electron chi connectivity index (χ3n) is 4.03. The van der Waals surface area contributed by atoms with Crippen LogP contribution in [0.2, 0.25) is 0 Å². The number of carboxylic acid groups (broad SMARTS) is 1. The summed E-state index contributed by atoms with van der Waals surface area (Å²) in [7, 11) is 1.54. The molecule has 25 heavy (non-hydrogen) atoms. The van der Waals surface area contributed by atoms with Crippen LogP contribution in [0.4, 0.5) is 10.1 Å². The van der Waals surface area contributed by atoms with Crippen molar-refractivity contribution >= 4 is 29.3 Å². The van der Waals surface area contributed by atoms with Gasteiger partial charge in [-0.1, -0.05) is 12.1 Å². The molecule has 0 spiro atoms. The number of anilines is 1. The van der Waals surface area contributed by atoms with E-state index >= 15 is 0 Å². The standard InChI is InChI=1S/C18H16FNO4S/c1-24-14-8-2-11(3-9-14)16-17(18(22)23)25-10-15(21)20(16)13-6-4-12(19)5-7-13/h2-9,16-17H,10H2,1H3,(H,22,23). The summed E-state index contributed by atoms with van der Waals surface area (Å²) in [6, 6.07) is 11.7. The van der Waals surface area contributed by atoms with Crippen LogP contribution in [0.3, 0.4) is 0 Å². The highest BCUT2D eigenvalue weighted by Gasteiger charge is 2.42. The fourth-order valence-corrected chi connectivity index (χ4v) is 3.91. The van der Waals surface area contributed by atoms with Crippen LogP contribution in [0.25, 0.3) is 0 Å². The summed E-state index contributed by atoms with van der Waals surface area (Å²) in [5.41, 5.74) is 1.15. The molecular weight excluding hydrogens is 345 g/mol. The van der Waals surface area contributed by atoms with Gasteiger partial charge in [0.05, 0.1) is 18.9 Å². The first kappa shape index (κ1) is 17.3. The van der Waals surface area contributed by atoms with E-state index in [1.54, 1.807) is 31.4 Å². The first-order valence-corrected chi connectivity index (χ1v) is 8.62. The van der Waals surface area contributed by atoms with Crippen LogP contribution in [-0.2, 0) is 9.59 Å². The molecule has 0 bridgehead atoms. The van der Waals surface area contributed by atoms with Crippen LogP contribution in [-0.4, -0.2) is 35.1 Å². The highest BCUT2D eigenvalue weighted by atomic mass is 32.2. The van der Waals surface area contributed by atoms with E-state index in [1.807, 2.05) is 0 Å². The van der Waals surface area contributed by atoms with Crippen molar-refractivity contribution in [2.45, 2.75) is 11.3 Å². The first-order chi connectivity index (χ1) is 12.0. The van der Waals surface area contributed by atoms with Crippen molar-refractivity contribution in [1.82, 2.24) is 0 Å². The number of carbonyl (C=O) groups is 2. The molecule has 3 rings (SSSR count). The van der Waals surface area contributed by atoms with Crippen molar-refractivity contribution in [3.8, 4) is 5.75 Å². The van der Waals surface area contributed by atoms with Crippen LogP contribution >= 0.6 is 11.8 Å². The molecule has 130 valence electrons. The number of methoxy groups -OCH3 is 1. The summed E-state index contributed by atoms with van der Waals surface area (Å²) in [5.74, 6) is -0.932. The topological polar surface area (TPSA) is 66.8 Å². The fourth-order valence-electron chi connectivity index (χ4n) is 2.85. The molecule has 1 N–H and O–H groups in total. The quantitative estimate of drug-likeness (QED) is 0.906. The van der Waals surface area contributed by atoms with E-state index in [4.69, 9.17) is 4.74 Å². The van der Waals surface area contributed by atoms with Gasteiger partial charge < -0.3 is 14.7 Å². The summed E-state index contributed by atoms with van der Waals surface area (Å²) in [6.07, 6.45) is 0. The van der Waals surface area contributed by atoms with Crippen molar-refractivity contribution in [1.29, 1.82) is 0 Å². The molecule has 2 unspecified atom stereocenters. The molecule has 1 aliphatic heterocycles. The lowest BCUT2D eigenvalue weighted by Gasteiger charge is -2.39. The monoisotopic (exact) mass is 361 g/mol. The molecular formula is C18H16FNO4S. The van der Waals surface area contributed by atoms with E-state index in [0.29, 0.717) is 17.0 Å². The molecule has 1 fully saturated rings. The number of carboxylic acids is 1. The molecule has 0 saturated carbocycles. The Morgan fingerprint density at radius 1 is 1.20 bits per heavy atom. The largest absolute Gasteiger partial charge is 0.497 e. The van der Waals surface area contributed by atoms with E-state index < -0.39 is 23.1 Å². The molecule has 1 amide bonds. The number of halogens is 1. The van der Waals surface area contributed by atoms with Crippen molar-refractivity contribution in [2.75, 3.05) is 17.8 Å². The summed E-state index contributed by atoms with van der Waals surface area (Å²) >= 11 is 1.10. The maximum Gasteiger partial charge on any atom is 0.319 e. The number of hydrogen-bond acceptors (Lipinski definition) is 4. The number of nitrogens with zero attached hydrogens (tertiary/aromatic N) is 1. The number of amides is 1. The number of hydrogen-bond donors (Lipinski definition) is 1. The summed E-state index contributed by atoms with van der Waals surface area (Å²) in [5, 5.41) is 8.80. The number of carbonyl (C=O) groups excluding carboxylic acids is 1. The lowest BCUT2D eigenvalue weighted by molar-refractivity contribution is -0.137. The Kier molecular flexibility index (Phi) is 4.94. The van der Waals surface area contributed by atoms with Crippen molar-refractivity contribution in [2.24, 2.45) is 0 Å². The van der Waals surface area contributed by atoms with E-state index in [9.17, 15) is 19.1 Å². The van der Waals surface area contributed by atoms with Crippen molar-refractivity contribution < 1.29 is 23.8 Å². The zero-order chi connectivity index (χ0) is 18.0. The Labute approximate surface area is 148 Å². The molecule has 2 aromatic rings. The molecule has 0 aliphatic carbocycles. The van der Waals surface area contributed by atoms with E-state index in [0.717, 1.165) is 11.8 Å². The third-order valence-corrected chi connectivity index (χ3v) is 5.26. The van der Waals surface area contributed by atoms with Crippen LogP contribution < -0.4 is 9.64 Å². The van der Waals surface area contributed by atoms with Crippen LogP contribution in [0.15, 0.2) is 48.5 Å². The maximum absolute atomic E-state index is 13.2. The lowest BCUT2D eigenvalue weighted by Crippen LogP contribution is -2.48. The summed E-state index contributed by atoms with van der Waals surface area (Å²) < 4.78 is 18.4. The number of rotatable bonds is 4. The van der Waals surface area contributed by atoms with Gasteiger partial charge in [0.25, 0.3) is 0 Å². The van der Waals surface area contributed by atoms with Gasteiger partial charge in [0.2, 0.25) is 5.91 Å². The van der Waals surface area contributed by atoms with Gasteiger partial charge in [0.15, 0.2) is 0 Å².